The Morgan fingerprint density at radius 3 is 0.875 bits per heavy atom. The smallest absolute Gasteiger partial charge is 0.326 e. The Balaban J connectivity index is 1.23. The average Bonchev–Trinajstić information content (AvgIpc) is 4.22. The molecule has 6 rings (SSSR count). The predicted octanol–water partition coefficient (Wildman–Crippen LogP) is -5.40. The molecule has 0 saturated heterocycles. The third-order valence-electron chi connectivity index (χ3n) is 10.9. The molecule has 382 valence electrons. The molecule has 0 saturated carbocycles. The van der Waals surface area contributed by atoms with Gasteiger partial charge in [-0.2, -0.15) is 0 Å². The van der Waals surface area contributed by atoms with Gasteiger partial charge in [-0.05, 0) is 6.92 Å². The predicted molar refractivity (Wildman–Crippen MR) is 246 cm³/mol. The number of aromatic nitrogens is 12. The number of aliphatic carboxylic acids is 1. The van der Waals surface area contributed by atoms with Crippen LogP contribution in [0.2, 0.25) is 0 Å². The SMILES string of the molecule is C[C@H](NC(=O)[C@@H](N)CO)C(=O)N[C@@H](Cc1c[nH]cn1)C(=O)N[C@@H](Cc1c[nH]cn1)C(=O)N[C@@H](Cc1c[nH]cn1)C(=O)N[C@@H](Cc1c[nH]cn1)C(=O)N[C@@H](Cc1c[nH]cn1)C(=O)N[C@@H](Cc1c[nH]cn1)C(=O)O. The van der Waals surface area contributed by atoms with Crippen molar-refractivity contribution >= 4 is 47.3 Å². The first-order chi connectivity index (χ1) is 34.6. The molecule has 0 aliphatic rings. The summed E-state index contributed by atoms with van der Waals surface area (Å²) in [6, 6.07) is -11.3. The van der Waals surface area contributed by atoms with Gasteiger partial charge in [0.25, 0.3) is 0 Å². The topological polar surface area (TPSA) is 459 Å². The lowest BCUT2D eigenvalue weighted by atomic mass is 10.0. The molecule has 72 heavy (non-hydrogen) atoms. The zero-order chi connectivity index (χ0) is 51.6. The van der Waals surface area contributed by atoms with E-state index >= 15 is 0 Å². The first-order valence-corrected chi connectivity index (χ1v) is 22.2. The number of hydrogen-bond acceptors (Lipinski definition) is 16. The Bertz CT molecular complexity index is 2660. The minimum Gasteiger partial charge on any atom is -0.480 e. The number of carboxylic acid groups (broad SMARTS) is 1. The first kappa shape index (κ1) is 52.3. The summed E-state index contributed by atoms with van der Waals surface area (Å²) in [5.41, 5.74) is 7.53. The zero-order valence-electron chi connectivity index (χ0n) is 38.4. The number of nitrogens with one attached hydrogen (secondary N) is 13. The molecule has 17 N–H and O–H groups in total. The maximum absolute atomic E-state index is 14.5. The molecule has 0 aliphatic carbocycles. The van der Waals surface area contributed by atoms with Crippen molar-refractivity contribution in [1.29, 1.82) is 0 Å². The fourth-order valence-corrected chi connectivity index (χ4v) is 7.04. The van der Waals surface area contributed by atoms with Crippen LogP contribution in [0.4, 0.5) is 0 Å². The quantitative estimate of drug-likeness (QED) is 0.0218. The summed E-state index contributed by atoms with van der Waals surface area (Å²) in [6.45, 7) is 0.648. The number of hydrogen-bond donors (Lipinski definition) is 16. The normalized spacial score (nSPS) is 14.5. The number of aromatic amines is 6. The molecule has 30 nitrogen and oxygen atoms in total. The molecule has 0 aromatic carbocycles. The number of rotatable bonds is 28. The highest BCUT2D eigenvalue weighted by Crippen LogP contribution is 2.10. The van der Waals surface area contributed by atoms with Crippen molar-refractivity contribution < 1.29 is 48.6 Å². The van der Waals surface area contributed by atoms with E-state index in [9.17, 15) is 48.6 Å². The number of nitrogens with zero attached hydrogens (tertiary/aromatic N) is 6. The number of imidazole rings is 6. The molecule has 0 aliphatic heterocycles. The van der Waals surface area contributed by atoms with Gasteiger partial charge in [-0.25, -0.2) is 34.7 Å². The summed E-state index contributed by atoms with van der Waals surface area (Å²) in [5, 5.41) is 37.2. The Hall–Kier alpha value is -9.06. The molecule has 0 spiro atoms. The van der Waals surface area contributed by atoms with Gasteiger partial charge in [0.15, 0.2) is 0 Å². The van der Waals surface area contributed by atoms with E-state index in [1.54, 1.807) is 0 Å². The second kappa shape index (κ2) is 25.5. The van der Waals surface area contributed by atoms with E-state index in [4.69, 9.17) is 5.73 Å². The van der Waals surface area contributed by atoms with Crippen LogP contribution in [-0.2, 0) is 76.9 Å². The van der Waals surface area contributed by atoms with Gasteiger partial charge in [0.2, 0.25) is 41.4 Å². The van der Waals surface area contributed by atoms with Crippen LogP contribution in [0.1, 0.15) is 41.1 Å². The van der Waals surface area contributed by atoms with Crippen LogP contribution in [0.5, 0.6) is 0 Å². The first-order valence-electron chi connectivity index (χ1n) is 22.2. The van der Waals surface area contributed by atoms with Gasteiger partial charge in [0, 0.05) is 75.7 Å². The van der Waals surface area contributed by atoms with Crippen molar-refractivity contribution in [2.24, 2.45) is 5.73 Å². The highest BCUT2D eigenvalue weighted by Gasteiger charge is 2.35. The number of H-pyrrole nitrogens is 6. The van der Waals surface area contributed by atoms with E-state index in [1.807, 2.05) is 0 Å². The Labute approximate surface area is 407 Å². The second-order valence-corrected chi connectivity index (χ2v) is 16.3. The summed E-state index contributed by atoms with van der Waals surface area (Å²) in [5.74, 6) is -7.48. The van der Waals surface area contributed by atoms with Crippen molar-refractivity contribution in [3.63, 3.8) is 0 Å². The minimum absolute atomic E-state index is 0.187. The minimum atomic E-state index is -1.50. The molecule has 6 aromatic heterocycles. The van der Waals surface area contributed by atoms with Gasteiger partial charge in [-0.3, -0.25) is 33.6 Å². The van der Waals surface area contributed by atoms with E-state index in [2.05, 4.69) is 97.0 Å². The third-order valence-corrected chi connectivity index (χ3v) is 10.9. The summed E-state index contributed by atoms with van der Waals surface area (Å²) in [6.07, 6.45) is 15.6. The maximum atomic E-state index is 14.5. The fraction of sp³-hybridized carbons (Fsp3) is 0.381. The van der Waals surface area contributed by atoms with Crippen LogP contribution in [0.25, 0.3) is 0 Å². The Morgan fingerprint density at radius 2 is 0.653 bits per heavy atom. The van der Waals surface area contributed by atoms with Crippen molar-refractivity contribution in [3.05, 3.63) is 109 Å². The van der Waals surface area contributed by atoms with E-state index < -0.39 is 102 Å². The summed E-state index contributed by atoms with van der Waals surface area (Å²) in [7, 11) is 0. The van der Waals surface area contributed by atoms with Crippen molar-refractivity contribution in [2.45, 2.75) is 93.8 Å². The van der Waals surface area contributed by atoms with Gasteiger partial charge in [-0.15, -0.1) is 0 Å². The van der Waals surface area contributed by atoms with Gasteiger partial charge in [0.1, 0.15) is 48.3 Å². The number of aliphatic hydroxyl groups excluding tert-OH is 1. The lowest BCUT2D eigenvalue weighted by molar-refractivity contribution is -0.142. The fourth-order valence-electron chi connectivity index (χ4n) is 7.04. The average molecular weight is 999 g/mol. The van der Waals surface area contributed by atoms with Crippen molar-refractivity contribution in [3.8, 4) is 0 Å². The molecule has 0 bridgehead atoms. The lowest BCUT2D eigenvalue weighted by Crippen LogP contribution is -2.61. The van der Waals surface area contributed by atoms with Crippen LogP contribution in [-0.4, -0.2) is 172 Å². The number of carbonyl (C=O) groups is 8. The van der Waals surface area contributed by atoms with E-state index in [1.165, 1.54) is 82.1 Å². The maximum Gasteiger partial charge on any atom is 0.326 e. The van der Waals surface area contributed by atoms with Crippen LogP contribution in [0, 0.1) is 0 Å². The van der Waals surface area contributed by atoms with Crippen LogP contribution in [0.3, 0.4) is 0 Å². The number of aliphatic hydroxyl groups is 1. The summed E-state index contributed by atoms with van der Waals surface area (Å²) in [4.78, 5) is 151. The largest absolute Gasteiger partial charge is 0.480 e. The zero-order valence-corrected chi connectivity index (χ0v) is 38.4. The number of carbonyl (C=O) groups excluding carboxylic acids is 7. The lowest BCUT2D eigenvalue weighted by Gasteiger charge is -2.27. The molecular formula is C42H54N20O10. The highest BCUT2D eigenvalue weighted by atomic mass is 16.4. The molecular weight excluding hydrogens is 945 g/mol. The van der Waals surface area contributed by atoms with Gasteiger partial charge >= 0.3 is 5.97 Å². The van der Waals surface area contributed by atoms with E-state index in [0.29, 0.717) is 34.2 Å². The molecule has 6 aromatic rings. The summed E-state index contributed by atoms with van der Waals surface area (Å²) >= 11 is 0. The van der Waals surface area contributed by atoms with Crippen LogP contribution < -0.4 is 43.0 Å². The molecule has 8 atom stereocenters. The van der Waals surface area contributed by atoms with Gasteiger partial charge < -0.3 is 83.1 Å². The third kappa shape index (κ3) is 15.5. The monoisotopic (exact) mass is 998 g/mol. The van der Waals surface area contributed by atoms with E-state index in [0.717, 1.165) is 0 Å². The highest BCUT2D eigenvalue weighted by molar-refractivity contribution is 5.98. The summed E-state index contributed by atoms with van der Waals surface area (Å²) < 4.78 is 0. The van der Waals surface area contributed by atoms with Crippen molar-refractivity contribution in [2.75, 3.05) is 6.61 Å². The second-order valence-electron chi connectivity index (χ2n) is 16.3. The molecule has 0 radical (unpaired) electrons. The molecule has 0 unspecified atom stereocenters. The number of carboxylic acids is 1. The van der Waals surface area contributed by atoms with Gasteiger partial charge in [-0.1, -0.05) is 0 Å². The molecule has 7 amide bonds. The standard InChI is InChI=1S/C42H54N20O10/c1-21(56-36(65)28(43)14-63)35(64)57-29(2-22-8-44-15-50-22)37(66)58-30(3-23-9-45-16-51-23)38(67)59-31(4-24-10-46-17-52-24)39(68)60-32(5-25-11-47-18-53-25)40(69)61-33(6-26-12-48-19-54-26)41(70)62-34(42(71)72)7-27-13-49-20-55-27/h8-13,15-21,28-34,63H,2-7,14,43H2,1H3,(H,44,50)(H,45,51)(H,46,52)(H,47,53)(H,48,54)(H,49,55)(H,56,65)(H,57,64)(H,58,66)(H,59,67)(H,60,68)(H,61,69)(H,62,70)(H,71,72)/t21-,28-,29-,30-,31-,32-,33-,34-/m0/s1. The number of amides is 7. The van der Waals surface area contributed by atoms with E-state index in [-0.39, 0.29) is 38.5 Å². The van der Waals surface area contributed by atoms with Crippen LogP contribution >= 0.6 is 0 Å². The molecule has 6 heterocycles. The Morgan fingerprint density at radius 1 is 0.417 bits per heavy atom. The molecule has 0 fully saturated rings. The van der Waals surface area contributed by atoms with Gasteiger partial charge in [0.05, 0.1) is 78.7 Å². The Kier molecular flexibility index (Phi) is 18.5. The number of nitrogens with two attached hydrogens (primary N) is 1. The van der Waals surface area contributed by atoms with Crippen LogP contribution in [0.15, 0.2) is 75.1 Å². The molecule has 30 heteroatoms. The van der Waals surface area contributed by atoms with Crippen molar-refractivity contribution in [1.82, 2.24) is 97.0 Å².